The van der Waals surface area contributed by atoms with Gasteiger partial charge in [-0.2, -0.15) is 9.40 Å². The third-order valence-electron chi connectivity index (χ3n) is 6.58. The van der Waals surface area contributed by atoms with Crippen LogP contribution in [0.5, 0.6) is 0 Å². The van der Waals surface area contributed by atoms with Crippen molar-refractivity contribution in [1.29, 1.82) is 0 Å². The molecule has 3 aromatic heterocycles. The maximum absolute atomic E-state index is 14.3. The number of hydrogen-bond acceptors (Lipinski definition) is 6. The Hall–Kier alpha value is -3.49. The number of aromatic nitrogens is 3. The van der Waals surface area contributed by atoms with Crippen LogP contribution in [0.15, 0.2) is 55.0 Å². The molecule has 13 heteroatoms. The van der Waals surface area contributed by atoms with Gasteiger partial charge in [0.15, 0.2) is 0 Å². The van der Waals surface area contributed by atoms with E-state index in [2.05, 4.69) is 15.4 Å². The van der Waals surface area contributed by atoms with E-state index in [1.54, 1.807) is 42.3 Å². The maximum atomic E-state index is 14.3. The molecular weight excluding hydrogens is 512 g/mol. The number of rotatable bonds is 9. The topological polar surface area (TPSA) is 140 Å². The molecule has 196 valence electrons. The van der Waals surface area contributed by atoms with E-state index in [4.69, 9.17) is 0 Å². The quantitative estimate of drug-likeness (QED) is 0.188. The van der Waals surface area contributed by atoms with Crippen LogP contribution < -0.4 is 10.8 Å². The molecule has 1 fully saturated rings. The summed E-state index contributed by atoms with van der Waals surface area (Å²) >= 11 is -2.39. The molecule has 0 saturated heterocycles. The van der Waals surface area contributed by atoms with Crippen molar-refractivity contribution in [2.45, 2.75) is 31.8 Å². The number of amides is 1. The van der Waals surface area contributed by atoms with Gasteiger partial charge in [0.05, 0.1) is 11.1 Å². The number of carbonyl (C=O) groups is 1. The first-order chi connectivity index (χ1) is 18.3. The second kappa shape index (κ2) is 10.7. The smallest absolute Gasteiger partial charge is 0.423 e. The molecule has 5 rings (SSSR count). The second-order valence-corrected chi connectivity index (χ2v) is 10.1. The summed E-state index contributed by atoms with van der Waals surface area (Å²) in [6.45, 7) is 0.00544. The third kappa shape index (κ3) is 5.24. The molecule has 1 aliphatic carbocycles. The molecule has 0 spiro atoms. The minimum atomic E-state index is -2.39. The standard InChI is InChI=1S/C25H25BFN5O5S/c1-28-25(33)23-22-11-19(16-3-4-16)18(14-32(22)30-24(23)17-6-8-29-9-7-17)13-31(38(36)37)12-15-2-5-20(26(34)35)21(27)10-15/h2,5-11,14,16,34-35H,3-4,12-13H2,1H3,(H,28,33)(H,36,37). The molecule has 1 unspecified atom stereocenters. The molecule has 1 aromatic carbocycles. The molecule has 4 N–H and O–H groups in total. The fourth-order valence-corrected chi connectivity index (χ4v) is 5.06. The van der Waals surface area contributed by atoms with Gasteiger partial charge in [-0.15, -0.1) is 0 Å². The highest BCUT2D eigenvalue weighted by Crippen LogP contribution is 2.43. The highest BCUT2D eigenvalue weighted by atomic mass is 32.2. The lowest BCUT2D eigenvalue weighted by atomic mass is 9.79. The van der Waals surface area contributed by atoms with Gasteiger partial charge in [0, 0.05) is 49.8 Å². The molecule has 0 radical (unpaired) electrons. The van der Waals surface area contributed by atoms with Crippen molar-refractivity contribution >= 4 is 35.3 Å². The van der Waals surface area contributed by atoms with Crippen molar-refractivity contribution in [3.8, 4) is 11.3 Å². The second-order valence-electron chi connectivity index (χ2n) is 9.16. The van der Waals surface area contributed by atoms with Gasteiger partial charge in [-0.3, -0.25) is 14.3 Å². The van der Waals surface area contributed by atoms with Gasteiger partial charge in [0.25, 0.3) is 5.91 Å². The average Bonchev–Trinajstić information content (AvgIpc) is 3.68. The van der Waals surface area contributed by atoms with E-state index in [0.717, 1.165) is 35.6 Å². The van der Waals surface area contributed by atoms with Gasteiger partial charge in [-0.25, -0.2) is 13.1 Å². The number of nitrogens with one attached hydrogen (secondary N) is 1. The molecule has 38 heavy (non-hydrogen) atoms. The molecule has 1 saturated carbocycles. The van der Waals surface area contributed by atoms with Crippen LogP contribution in [-0.4, -0.2) is 57.8 Å². The number of nitrogens with zero attached hydrogens (tertiary/aromatic N) is 4. The Bertz CT molecular complexity index is 1530. The summed E-state index contributed by atoms with van der Waals surface area (Å²) in [6.07, 6.45) is 6.94. The summed E-state index contributed by atoms with van der Waals surface area (Å²) in [5.41, 5.74) is 4.12. The predicted molar refractivity (Wildman–Crippen MR) is 140 cm³/mol. The van der Waals surface area contributed by atoms with Gasteiger partial charge in [0.1, 0.15) is 11.5 Å². The number of pyridine rings is 2. The fraction of sp³-hybridized carbons (Fsp3) is 0.240. The van der Waals surface area contributed by atoms with E-state index in [1.165, 1.54) is 16.4 Å². The number of hydrogen-bond donors (Lipinski definition) is 4. The number of fused-ring (bicyclic) bond motifs is 1. The normalized spacial score (nSPS) is 14.2. The van der Waals surface area contributed by atoms with Crippen molar-refractivity contribution in [3.05, 3.63) is 83.1 Å². The van der Waals surface area contributed by atoms with Crippen LogP contribution in [0.2, 0.25) is 0 Å². The Kier molecular flexibility index (Phi) is 7.37. The minimum Gasteiger partial charge on any atom is -0.423 e. The van der Waals surface area contributed by atoms with Crippen molar-refractivity contribution in [2.75, 3.05) is 7.05 Å². The first-order valence-corrected chi connectivity index (χ1v) is 13.0. The summed E-state index contributed by atoms with van der Waals surface area (Å²) in [7, 11) is -0.394. The zero-order valence-corrected chi connectivity index (χ0v) is 21.2. The number of benzene rings is 1. The van der Waals surface area contributed by atoms with Crippen molar-refractivity contribution in [2.24, 2.45) is 0 Å². The van der Waals surface area contributed by atoms with Crippen LogP contribution in [0.3, 0.4) is 0 Å². The van der Waals surface area contributed by atoms with E-state index in [9.17, 15) is 28.0 Å². The molecule has 1 amide bonds. The van der Waals surface area contributed by atoms with Crippen molar-refractivity contribution in [1.82, 2.24) is 24.2 Å². The first kappa shape index (κ1) is 26.1. The molecular formula is C25H25BFN5O5S. The Labute approximate surface area is 220 Å². The van der Waals surface area contributed by atoms with E-state index >= 15 is 0 Å². The SMILES string of the molecule is CNC(=O)c1c(-c2ccncc2)nn2cc(CN(Cc3ccc(B(O)O)c(F)c3)S(=O)O)c(C3CC3)cc12. The maximum Gasteiger partial charge on any atom is 0.491 e. The highest BCUT2D eigenvalue weighted by Gasteiger charge is 2.30. The van der Waals surface area contributed by atoms with E-state index in [0.29, 0.717) is 22.3 Å². The Balaban J connectivity index is 1.55. The molecule has 0 bridgehead atoms. The van der Waals surface area contributed by atoms with E-state index in [-0.39, 0.29) is 30.4 Å². The largest absolute Gasteiger partial charge is 0.491 e. The minimum absolute atomic E-state index is 0.0607. The predicted octanol–water partition coefficient (Wildman–Crippen LogP) is 1.59. The van der Waals surface area contributed by atoms with Crippen molar-refractivity contribution in [3.63, 3.8) is 0 Å². The number of halogens is 1. The average molecular weight is 537 g/mol. The highest BCUT2D eigenvalue weighted by molar-refractivity contribution is 7.76. The summed E-state index contributed by atoms with van der Waals surface area (Å²) in [5.74, 6) is -0.843. The van der Waals surface area contributed by atoms with Gasteiger partial charge in [-0.1, -0.05) is 12.1 Å². The fourth-order valence-electron chi connectivity index (χ4n) is 4.55. The van der Waals surface area contributed by atoms with Crippen LogP contribution in [0.25, 0.3) is 16.8 Å². The van der Waals surface area contributed by atoms with Crippen LogP contribution >= 0.6 is 0 Å². The molecule has 1 atom stereocenters. The van der Waals surface area contributed by atoms with Crippen LogP contribution in [0.4, 0.5) is 4.39 Å². The zero-order valence-electron chi connectivity index (χ0n) is 20.4. The Morgan fingerprint density at radius 3 is 2.55 bits per heavy atom. The Morgan fingerprint density at radius 1 is 1.21 bits per heavy atom. The lowest BCUT2D eigenvalue weighted by molar-refractivity contribution is 0.0965. The van der Waals surface area contributed by atoms with Gasteiger partial charge in [0.2, 0.25) is 11.3 Å². The summed E-state index contributed by atoms with van der Waals surface area (Å²) in [6, 6.07) is 9.29. The van der Waals surface area contributed by atoms with Crippen LogP contribution in [0, 0.1) is 5.82 Å². The zero-order chi connectivity index (χ0) is 27.0. The third-order valence-corrected chi connectivity index (χ3v) is 7.28. The van der Waals surface area contributed by atoms with Gasteiger partial charge >= 0.3 is 7.12 Å². The molecule has 4 aromatic rings. The van der Waals surface area contributed by atoms with Gasteiger partial charge < -0.3 is 15.4 Å². The van der Waals surface area contributed by atoms with E-state index < -0.39 is 24.2 Å². The molecule has 10 nitrogen and oxygen atoms in total. The van der Waals surface area contributed by atoms with Crippen LogP contribution in [0.1, 0.15) is 45.8 Å². The van der Waals surface area contributed by atoms with Crippen LogP contribution in [-0.2, 0) is 24.4 Å². The number of carbonyl (C=O) groups excluding carboxylic acids is 1. The molecule has 0 aliphatic heterocycles. The first-order valence-electron chi connectivity index (χ1n) is 11.9. The Morgan fingerprint density at radius 2 is 1.95 bits per heavy atom. The molecule has 1 aliphatic rings. The van der Waals surface area contributed by atoms with Gasteiger partial charge in [-0.05, 0) is 59.7 Å². The summed E-state index contributed by atoms with van der Waals surface area (Å²) in [5, 5.41) is 25.9. The summed E-state index contributed by atoms with van der Waals surface area (Å²) in [4.78, 5) is 16.9. The van der Waals surface area contributed by atoms with E-state index in [1.807, 2.05) is 6.07 Å². The lowest BCUT2D eigenvalue weighted by Crippen LogP contribution is -2.33. The molecule has 3 heterocycles. The lowest BCUT2D eigenvalue weighted by Gasteiger charge is -2.20. The van der Waals surface area contributed by atoms with Crippen molar-refractivity contribution < 1.29 is 28.0 Å². The monoisotopic (exact) mass is 537 g/mol. The summed E-state index contributed by atoms with van der Waals surface area (Å²) < 4.78 is 39.5.